The van der Waals surface area contributed by atoms with Crippen LogP contribution in [-0.4, -0.2) is 24.2 Å². The van der Waals surface area contributed by atoms with Gasteiger partial charge in [-0.2, -0.15) is 0 Å². The highest BCUT2D eigenvalue weighted by Crippen LogP contribution is 2.43. The van der Waals surface area contributed by atoms with Gasteiger partial charge in [0.1, 0.15) is 16.9 Å². The molecule has 0 fully saturated rings. The molecule has 0 saturated heterocycles. The van der Waals surface area contributed by atoms with E-state index in [4.69, 9.17) is 14.4 Å². The molecule has 12 rings (SSSR count). The highest BCUT2D eigenvalue weighted by atomic mass is 16.3. The zero-order valence-corrected chi connectivity index (χ0v) is 32.9. The van der Waals surface area contributed by atoms with Gasteiger partial charge in [-0.15, -0.1) is 0 Å². The summed E-state index contributed by atoms with van der Waals surface area (Å²) in [5.74, 6) is 0.193. The van der Waals surface area contributed by atoms with Crippen LogP contribution in [0.1, 0.15) is 11.1 Å². The Balaban J connectivity index is 1.11. The van der Waals surface area contributed by atoms with Crippen molar-refractivity contribution in [3.05, 3.63) is 187 Å². The summed E-state index contributed by atoms with van der Waals surface area (Å²) in [5, 5.41) is 15.3. The van der Waals surface area contributed by atoms with E-state index < -0.39 is 0 Å². The van der Waals surface area contributed by atoms with Crippen molar-refractivity contribution in [3.8, 4) is 50.8 Å². The Kier molecular flexibility index (Phi) is 7.41. The van der Waals surface area contributed by atoms with Crippen LogP contribution >= 0.6 is 0 Å². The standard InChI is InChI=1S/C54H36N4O2/c1-32-29-33(2)50-40-22-19-36(31-48(40)60-49(50)30-32)34-17-20-38(21-18-34)58-44-28-27-43-52(51(44)53-45(58)25-23-41(55-53)35-11-5-3-6-12-35)54-46(57(43)37-13-7-4-8-14-37)26-24-42(56-54)39-15-9-10-16-47(39)59/h3-31,59H,1-2H3. The van der Waals surface area contributed by atoms with Crippen LogP contribution in [0.5, 0.6) is 5.75 Å². The van der Waals surface area contributed by atoms with Crippen LogP contribution in [0.25, 0.3) is 111 Å². The number of rotatable bonds is 5. The minimum atomic E-state index is 0.193. The van der Waals surface area contributed by atoms with E-state index in [-0.39, 0.29) is 5.75 Å². The van der Waals surface area contributed by atoms with Crippen LogP contribution in [0.15, 0.2) is 180 Å². The van der Waals surface area contributed by atoms with Crippen molar-refractivity contribution in [2.45, 2.75) is 13.8 Å². The van der Waals surface area contributed by atoms with E-state index >= 15 is 0 Å². The topological polar surface area (TPSA) is 69.0 Å². The average Bonchev–Trinajstić information content (AvgIpc) is 3.93. The fourth-order valence-corrected chi connectivity index (χ4v) is 9.34. The van der Waals surface area contributed by atoms with Crippen molar-refractivity contribution in [1.82, 2.24) is 19.1 Å². The summed E-state index contributed by atoms with van der Waals surface area (Å²) in [6, 6.07) is 60.7. The third-order valence-electron chi connectivity index (χ3n) is 12.0. The fraction of sp³-hybridized carbons (Fsp3) is 0.0370. The van der Waals surface area contributed by atoms with Crippen LogP contribution in [0.4, 0.5) is 0 Å². The Morgan fingerprint density at radius 2 is 1.03 bits per heavy atom. The van der Waals surface area contributed by atoms with Gasteiger partial charge in [-0.1, -0.05) is 84.9 Å². The van der Waals surface area contributed by atoms with Gasteiger partial charge in [0.2, 0.25) is 0 Å². The van der Waals surface area contributed by atoms with Gasteiger partial charge < -0.3 is 18.7 Å². The predicted molar refractivity (Wildman–Crippen MR) is 245 cm³/mol. The number of furan rings is 1. The first-order valence-electron chi connectivity index (χ1n) is 20.2. The van der Waals surface area contributed by atoms with Crippen molar-refractivity contribution in [3.63, 3.8) is 0 Å². The number of nitrogens with zero attached hydrogens (tertiary/aromatic N) is 4. The zero-order chi connectivity index (χ0) is 40.1. The Labute approximate surface area is 344 Å². The van der Waals surface area contributed by atoms with E-state index in [0.29, 0.717) is 11.3 Å². The number of para-hydroxylation sites is 2. The van der Waals surface area contributed by atoms with E-state index in [1.165, 1.54) is 16.5 Å². The molecule has 6 nitrogen and oxygen atoms in total. The van der Waals surface area contributed by atoms with Crippen LogP contribution in [-0.2, 0) is 0 Å². The smallest absolute Gasteiger partial charge is 0.136 e. The van der Waals surface area contributed by atoms with Gasteiger partial charge in [-0.25, -0.2) is 9.97 Å². The lowest BCUT2D eigenvalue weighted by Gasteiger charge is -2.10. The molecule has 1 N–H and O–H groups in total. The van der Waals surface area contributed by atoms with Gasteiger partial charge in [-0.05, 0) is 127 Å². The molecule has 0 radical (unpaired) electrons. The number of aryl methyl sites for hydroxylation is 2. The van der Waals surface area contributed by atoms with Crippen LogP contribution < -0.4 is 0 Å². The van der Waals surface area contributed by atoms with Gasteiger partial charge in [-0.3, -0.25) is 0 Å². The van der Waals surface area contributed by atoms with Gasteiger partial charge in [0.25, 0.3) is 0 Å². The molecule has 0 saturated carbocycles. The summed E-state index contributed by atoms with van der Waals surface area (Å²) in [6.07, 6.45) is 0. The largest absolute Gasteiger partial charge is 0.507 e. The number of phenolic OH excluding ortho intramolecular Hbond substituents is 1. The number of fused-ring (bicyclic) bond motifs is 10. The molecule has 0 bridgehead atoms. The molecule has 5 aromatic heterocycles. The number of phenols is 1. The lowest BCUT2D eigenvalue weighted by molar-refractivity contribution is 0.477. The molecule has 0 unspecified atom stereocenters. The van der Waals surface area contributed by atoms with Crippen LogP contribution in [0, 0.1) is 13.8 Å². The number of aromatic hydroxyl groups is 1. The van der Waals surface area contributed by atoms with Crippen molar-refractivity contribution >= 4 is 65.8 Å². The molecule has 0 aliphatic heterocycles. The van der Waals surface area contributed by atoms with Gasteiger partial charge in [0.05, 0.1) is 44.5 Å². The highest BCUT2D eigenvalue weighted by Gasteiger charge is 2.24. The lowest BCUT2D eigenvalue weighted by atomic mass is 10.0. The van der Waals surface area contributed by atoms with Gasteiger partial charge in [0, 0.05) is 44.0 Å². The first kappa shape index (κ1) is 34.1. The number of hydrogen-bond acceptors (Lipinski definition) is 4. The molecule has 7 aromatic carbocycles. The normalized spacial score (nSPS) is 11.9. The number of hydrogen-bond donors (Lipinski definition) is 1. The molecule has 6 heteroatoms. The molecule has 0 aliphatic rings. The second-order valence-electron chi connectivity index (χ2n) is 15.7. The molecule has 12 aromatic rings. The summed E-state index contributed by atoms with van der Waals surface area (Å²) in [5.41, 5.74) is 17.6. The fourth-order valence-electron chi connectivity index (χ4n) is 9.34. The molecule has 0 atom stereocenters. The van der Waals surface area contributed by atoms with Gasteiger partial charge >= 0.3 is 0 Å². The maximum absolute atomic E-state index is 10.9. The maximum Gasteiger partial charge on any atom is 0.136 e. The highest BCUT2D eigenvalue weighted by molar-refractivity contribution is 6.27. The second-order valence-corrected chi connectivity index (χ2v) is 15.7. The lowest BCUT2D eigenvalue weighted by Crippen LogP contribution is -1.95. The molecular formula is C54H36N4O2. The van der Waals surface area contributed by atoms with Crippen molar-refractivity contribution in [2.24, 2.45) is 0 Å². The van der Waals surface area contributed by atoms with Crippen LogP contribution in [0.2, 0.25) is 0 Å². The SMILES string of the molecule is Cc1cc(C)c2c(c1)oc1cc(-c3ccc(-n4c5ccc(-c6ccccc6)nc5c5c6c7nc(-c8ccccc8O)ccc7n(-c7ccccc7)c6ccc54)cc3)ccc12. The molecule has 0 aliphatic carbocycles. The van der Waals surface area contributed by atoms with E-state index in [1.54, 1.807) is 6.07 Å². The average molecular weight is 773 g/mol. The number of aromatic nitrogens is 4. The molecule has 60 heavy (non-hydrogen) atoms. The maximum atomic E-state index is 10.9. The predicted octanol–water partition coefficient (Wildman–Crippen LogP) is 13.9. The summed E-state index contributed by atoms with van der Waals surface area (Å²) in [7, 11) is 0. The Morgan fingerprint density at radius 1 is 0.450 bits per heavy atom. The van der Waals surface area contributed by atoms with E-state index in [1.807, 2.05) is 36.4 Å². The minimum absolute atomic E-state index is 0.193. The minimum Gasteiger partial charge on any atom is -0.507 e. The summed E-state index contributed by atoms with van der Waals surface area (Å²) in [6.45, 7) is 4.26. The Hall–Kier alpha value is -7.96. The van der Waals surface area contributed by atoms with E-state index in [9.17, 15) is 5.11 Å². The summed E-state index contributed by atoms with van der Waals surface area (Å²) < 4.78 is 11.0. The Bertz CT molecular complexity index is 3670. The first-order chi connectivity index (χ1) is 29.5. The van der Waals surface area contributed by atoms with E-state index in [0.717, 1.165) is 94.2 Å². The molecule has 284 valence electrons. The molecule has 0 amide bonds. The third-order valence-corrected chi connectivity index (χ3v) is 12.0. The summed E-state index contributed by atoms with van der Waals surface area (Å²) >= 11 is 0. The van der Waals surface area contributed by atoms with Crippen molar-refractivity contribution in [2.75, 3.05) is 0 Å². The van der Waals surface area contributed by atoms with Gasteiger partial charge in [0.15, 0.2) is 0 Å². The monoisotopic (exact) mass is 772 g/mol. The third kappa shape index (κ3) is 5.14. The van der Waals surface area contributed by atoms with Crippen molar-refractivity contribution < 1.29 is 9.52 Å². The second kappa shape index (κ2) is 13.0. The first-order valence-corrected chi connectivity index (χ1v) is 20.2. The molecular weight excluding hydrogens is 737 g/mol. The summed E-state index contributed by atoms with van der Waals surface area (Å²) in [4.78, 5) is 10.8. The zero-order valence-electron chi connectivity index (χ0n) is 32.9. The Morgan fingerprint density at radius 3 is 1.73 bits per heavy atom. The van der Waals surface area contributed by atoms with Crippen LogP contribution in [0.3, 0.4) is 0 Å². The number of benzene rings is 7. The number of pyridine rings is 2. The van der Waals surface area contributed by atoms with Crippen molar-refractivity contribution in [1.29, 1.82) is 0 Å². The van der Waals surface area contributed by atoms with E-state index in [2.05, 4.69) is 156 Å². The molecule has 5 heterocycles. The molecule has 0 spiro atoms. The quantitative estimate of drug-likeness (QED) is 0.189.